The lowest BCUT2D eigenvalue weighted by molar-refractivity contribution is 0.0473. The van der Waals surface area contributed by atoms with Crippen molar-refractivity contribution in [3.8, 4) is 17.2 Å². The average Bonchev–Trinajstić information content (AvgIpc) is 3.30. The predicted molar refractivity (Wildman–Crippen MR) is 120 cm³/mol. The number of ether oxygens (including phenoxy) is 6. The molecule has 3 rings (SSSR count). The minimum atomic E-state index is -0.136. The minimum absolute atomic E-state index is 0.0326. The van der Waals surface area contributed by atoms with Crippen molar-refractivity contribution in [2.75, 3.05) is 41.7 Å². The van der Waals surface area contributed by atoms with Crippen molar-refractivity contribution in [1.29, 1.82) is 0 Å². The molecule has 0 amide bonds. The number of aryl methyl sites for hydroxylation is 1. The Labute approximate surface area is 189 Å². The van der Waals surface area contributed by atoms with Gasteiger partial charge in [0.2, 0.25) is 0 Å². The van der Waals surface area contributed by atoms with Crippen LogP contribution < -0.4 is 14.2 Å². The van der Waals surface area contributed by atoms with Crippen LogP contribution in [0.2, 0.25) is 0 Å². The van der Waals surface area contributed by atoms with Crippen LogP contribution in [0.4, 0.5) is 0 Å². The smallest absolute Gasteiger partial charge is 0.188 e. The molecule has 7 nitrogen and oxygen atoms in total. The number of ketones is 1. The van der Waals surface area contributed by atoms with E-state index in [4.69, 9.17) is 28.4 Å². The Hall–Kier alpha value is -2.61. The maximum Gasteiger partial charge on any atom is 0.188 e. The first-order valence-electron chi connectivity index (χ1n) is 10.7. The van der Waals surface area contributed by atoms with Gasteiger partial charge in [0.05, 0.1) is 0 Å². The second kappa shape index (κ2) is 11.9. The van der Waals surface area contributed by atoms with Crippen molar-refractivity contribution in [1.82, 2.24) is 0 Å². The molecule has 1 aliphatic rings. The number of methoxy groups -OCH3 is 3. The second-order valence-corrected chi connectivity index (χ2v) is 7.84. The van der Waals surface area contributed by atoms with E-state index in [9.17, 15) is 4.79 Å². The fraction of sp³-hybridized carbons (Fsp3) is 0.480. The quantitative estimate of drug-likeness (QED) is 0.347. The Morgan fingerprint density at radius 2 is 1.50 bits per heavy atom. The molecular weight excluding hydrogens is 412 g/mol. The summed E-state index contributed by atoms with van der Waals surface area (Å²) in [4.78, 5) is 13.5. The highest BCUT2D eigenvalue weighted by molar-refractivity contribution is 5.99. The molecule has 0 aliphatic heterocycles. The molecule has 1 aliphatic carbocycles. The summed E-state index contributed by atoms with van der Waals surface area (Å²) in [5.41, 5.74) is 2.56. The van der Waals surface area contributed by atoms with Crippen molar-refractivity contribution in [2.24, 2.45) is 5.92 Å². The number of hydrogen-bond acceptors (Lipinski definition) is 7. The van der Waals surface area contributed by atoms with Gasteiger partial charge in [-0.15, -0.1) is 0 Å². The molecule has 0 spiro atoms. The maximum atomic E-state index is 13.5. The van der Waals surface area contributed by atoms with Crippen molar-refractivity contribution < 1.29 is 33.2 Å². The summed E-state index contributed by atoms with van der Waals surface area (Å²) in [5, 5.41) is 0. The molecule has 1 saturated carbocycles. The number of hydrogen-bond donors (Lipinski definition) is 0. The maximum absolute atomic E-state index is 13.5. The lowest BCUT2D eigenvalue weighted by Gasteiger charge is -2.23. The van der Waals surface area contributed by atoms with E-state index in [0.717, 1.165) is 30.4 Å². The Balaban J connectivity index is 1.86. The molecule has 0 heterocycles. The topological polar surface area (TPSA) is 72.5 Å². The summed E-state index contributed by atoms with van der Waals surface area (Å²) in [5.74, 6) is 2.13. The summed E-state index contributed by atoms with van der Waals surface area (Å²) < 4.78 is 32.1. The number of carbonyl (C=O) groups is 1. The number of Topliss-reactive ketones (excluding diaryl/α,β-unsaturated/α-hetero) is 1. The molecule has 0 bridgehead atoms. The molecule has 7 heteroatoms. The Morgan fingerprint density at radius 3 is 2.19 bits per heavy atom. The molecule has 0 unspecified atom stereocenters. The van der Waals surface area contributed by atoms with Crippen LogP contribution in [-0.2, 0) is 14.2 Å². The van der Waals surface area contributed by atoms with Gasteiger partial charge < -0.3 is 28.4 Å². The summed E-state index contributed by atoms with van der Waals surface area (Å²) in [6, 6.07) is 11.2. The molecule has 0 N–H and O–H groups in total. The molecular formula is C25H32O7. The Morgan fingerprint density at radius 1 is 0.844 bits per heavy atom. The van der Waals surface area contributed by atoms with Crippen LogP contribution in [0, 0.1) is 12.8 Å². The molecule has 174 valence electrons. The Bertz CT molecular complexity index is 896. The fourth-order valence-electron chi connectivity index (χ4n) is 4.23. The SMILES string of the molecule is COCOc1ccc(OCOC)c([C@@H]2CCC[C@@H]2C(=O)c2ccc(OCOC)c(C)c2)c1. The zero-order valence-electron chi connectivity index (χ0n) is 19.2. The monoisotopic (exact) mass is 444 g/mol. The van der Waals surface area contributed by atoms with Crippen LogP contribution in [-0.4, -0.2) is 47.5 Å². The van der Waals surface area contributed by atoms with Crippen molar-refractivity contribution in [2.45, 2.75) is 32.1 Å². The fourth-order valence-corrected chi connectivity index (χ4v) is 4.23. The third-order valence-electron chi connectivity index (χ3n) is 5.70. The van der Waals surface area contributed by atoms with Gasteiger partial charge in [-0.3, -0.25) is 4.79 Å². The van der Waals surface area contributed by atoms with Gasteiger partial charge in [-0.1, -0.05) is 6.42 Å². The Kier molecular flexibility index (Phi) is 8.90. The van der Waals surface area contributed by atoms with Gasteiger partial charge in [0, 0.05) is 38.4 Å². The third kappa shape index (κ3) is 5.79. The van der Waals surface area contributed by atoms with Gasteiger partial charge in [0.1, 0.15) is 17.2 Å². The number of carbonyl (C=O) groups excluding carboxylic acids is 1. The van der Waals surface area contributed by atoms with E-state index in [1.807, 2.05) is 43.3 Å². The van der Waals surface area contributed by atoms with Crippen molar-refractivity contribution >= 4 is 5.78 Å². The first-order valence-corrected chi connectivity index (χ1v) is 10.7. The van der Waals surface area contributed by atoms with Gasteiger partial charge in [0.15, 0.2) is 26.2 Å². The first kappa shape index (κ1) is 24.0. The van der Waals surface area contributed by atoms with E-state index >= 15 is 0 Å². The van der Waals surface area contributed by atoms with E-state index in [0.29, 0.717) is 22.8 Å². The highest BCUT2D eigenvalue weighted by Crippen LogP contribution is 2.45. The molecule has 0 aromatic heterocycles. The van der Waals surface area contributed by atoms with Gasteiger partial charge in [0.25, 0.3) is 0 Å². The normalized spacial score (nSPS) is 17.9. The number of benzene rings is 2. The van der Waals surface area contributed by atoms with Crippen molar-refractivity contribution in [3.05, 3.63) is 53.1 Å². The zero-order chi connectivity index (χ0) is 22.9. The summed E-state index contributed by atoms with van der Waals surface area (Å²) in [7, 11) is 4.74. The summed E-state index contributed by atoms with van der Waals surface area (Å²) >= 11 is 0. The van der Waals surface area contributed by atoms with Crippen LogP contribution >= 0.6 is 0 Å². The van der Waals surface area contributed by atoms with E-state index in [1.165, 1.54) is 0 Å². The van der Waals surface area contributed by atoms with Crippen LogP contribution in [0.15, 0.2) is 36.4 Å². The lowest BCUT2D eigenvalue weighted by Crippen LogP contribution is -2.19. The molecule has 1 fully saturated rings. The highest BCUT2D eigenvalue weighted by Gasteiger charge is 2.36. The van der Waals surface area contributed by atoms with E-state index in [-0.39, 0.29) is 38.0 Å². The van der Waals surface area contributed by atoms with E-state index in [2.05, 4.69) is 0 Å². The van der Waals surface area contributed by atoms with Gasteiger partial charge in [-0.25, -0.2) is 0 Å². The number of rotatable bonds is 12. The predicted octanol–water partition coefficient (Wildman–Crippen LogP) is 4.71. The van der Waals surface area contributed by atoms with Crippen LogP contribution in [0.5, 0.6) is 17.2 Å². The second-order valence-electron chi connectivity index (χ2n) is 7.84. The standard InChI is InChI=1S/C25H32O7/c1-17-12-18(8-10-23(17)31-15-28-3)25(26)21-7-5-6-20(21)22-13-19(30-14-27-2)9-11-24(22)32-16-29-4/h8-13,20-21H,5-7,14-16H2,1-4H3/t20-,21+/m1/s1. The van der Waals surface area contributed by atoms with Crippen LogP contribution in [0.1, 0.15) is 46.7 Å². The van der Waals surface area contributed by atoms with Crippen LogP contribution in [0.25, 0.3) is 0 Å². The van der Waals surface area contributed by atoms with Gasteiger partial charge in [-0.2, -0.15) is 0 Å². The molecule has 0 radical (unpaired) electrons. The highest BCUT2D eigenvalue weighted by atomic mass is 16.7. The molecule has 0 saturated heterocycles. The molecule has 32 heavy (non-hydrogen) atoms. The zero-order valence-corrected chi connectivity index (χ0v) is 19.2. The largest absolute Gasteiger partial charge is 0.468 e. The minimum Gasteiger partial charge on any atom is -0.468 e. The van der Waals surface area contributed by atoms with Gasteiger partial charge >= 0.3 is 0 Å². The summed E-state index contributed by atoms with van der Waals surface area (Å²) in [6.07, 6.45) is 2.71. The summed E-state index contributed by atoms with van der Waals surface area (Å²) in [6.45, 7) is 2.39. The van der Waals surface area contributed by atoms with Crippen LogP contribution in [0.3, 0.4) is 0 Å². The van der Waals surface area contributed by atoms with Crippen molar-refractivity contribution in [3.63, 3.8) is 0 Å². The average molecular weight is 445 g/mol. The molecule has 2 atom stereocenters. The lowest BCUT2D eigenvalue weighted by atomic mass is 9.83. The van der Waals surface area contributed by atoms with E-state index < -0.39 is 0 Å². The first-order chi connectivity index (χ1) is 15.6. The molecule has 2 aromatic rings. The van der Waals surface area contributed by atoms with Gasteiger partial charge in [-0.05, 0) is 67.6 Å². The van der Waals surface area contributed by atoms with E-state index in [1.54, 1.807) is 21.3 Å². The molecule has 2 aromatic carbocycles. The third-order valence-corrected chi connectivity index (χ3v) is 5.70.